The van der Waals surface area contributed by atoms with Gasteiger partial charge in [0.15, 0.2) is 28.6 Å². The van der Waals surface area contributed by atoms with Crippen LogP contribution in [0.4, 0.5) is 0 Å². The summed E-state index contributed by atoms with van der Waals surface area (Å²) >= 11 is 0. The lowest BCUT2D eigenvalue weighted by Crippen LogP contribution is -2.57. The van der Waals surface area contributed by atoms with E-state index in [0.717, 1.165) is 41.3 Å². The second-order valence-corrected chi connectivity index (χ2v) is 13.3. The van der Waals surface area contributed by atoms with E-state index >= 15 is 0 Å². The number of esters is 1. The number of aliphatic hydroxyl groups is 3. The fourth-order valence-corrected chi connectivity index (χ4v) is 7.42. The topological polar surface area (TPSA) is 207 Å². The van der Waals surface area contributed by atoms with Crippen molar-refractivity contribution >= 4 is 39.6 Å². The molecule has 0 amide bonds. The second-order valence-electron chi connectivity index (χ2n) is 13.3. The summed E-state index contributed by atoms with van der Waals surface area (Å²) in [6.45, 7) is 2.18. The number of aromatic hydroxyl groups is 3. The molecular formula is C38H41NO12. The average Bonchev–Trinajstić information content (AvgIpc) is 3.57. The van der Waals surface area contributed by atoms with Gasteiger partial charge < -0.3 is 50.0 Å². The van der Waals surface area contributed by atoms with E-state index in [1.54, 1.807) is 20.3 Å². The number of phenolic OH excluding ortho intramolecular Hbond substituents is 3. The molecule has 7 rings (SSSR count). The number of carboxylic acids is 1. The van der Waals surface area contributed by atoms with Crippen LogP contribution in [0.1, 0.15) is 42.4 Å². The van der Waals surface area contributed by atoms with Crippen molar-refractivity contribution in [1.82, 2.24) is 4.90 Å². The Kier molecular flexibility index (Phi) is 10.0. The van der Waals surface area contributed by atoms with Gasteiger partial charge in [-0.3, -0.25) is 4.90 Å². The van der Waals surface area contributed by atoms with Crippen molar-refractivity contribution in [3.05, 3.63) is 71.3 Å². The van der Waals surface area contributed by atoms with Gasteiger partial charge in [0, 0.05) is 31.5 Å². The van der Waals surface area contributed by atoms with Crippen molar-refractivity contribution in [2.45, 2.75) is 68.6 Å². The number of fused-ring (bicyclic) bond motifs is 7. The largest absolute Gasteiger partial charge is 0.508 e. The van der Waals surface area contributed by atoms with E-state index in [1.807, 2.05) is 6.07 Å². The standard InChI is InChI=1S/C22H23NO3.C16H18O9/c1-25-21-10-18-16-8-13-4-3-7-23(13)12-20(16)15-6-5-14(24)9-17(15)19(18)11-22(21)26-2;17-9-3-1-8(5-10(9)18)2-4-13(20)25-12-7-16(24,15(22)23)6-11(19)14(12)21/h5-6,9-11,13,24H,3-4,7-8,12H2,1-2H3;1-5,11-12,14,17-19,21,24H,6-7H2,(H,22,23)/b;4-2+/t13-;11-,12-,14-,16+/m01/s1. The Morgan fingerprint density at radius 1 is 0.863 bits per heavy atom. The lowest BCUT2D eigenvalue weighted by Gasteiger charge is -2.39. The Labute approximate surface area is 293 Å². The molecule has 0 spiro atoms. The Bertz CT molecular complexity index is 2010. The number of carbonyl (C=O) groups excluding carboxylic acids is 1. The molecule has 4 aromatic rings. The molecule has 13 nitrogen and oxygen atoms in total. The predicted molar refractivity (Wildman–Crippen MR) is 186 cm³/mol. The van der Waals surface area contributed by atoms with E-state index in [1.165, 1.54) is 65.6 Å². The molecule has 4 aromatic carbocycles. The zero-order valence-corrected chi connectivity index (χ0v) is 28.2. The molecule has 0 unspecified atom stereocenters. The highest BCUT2D eigenvalue weighted by Crippen LogP contribution is 2.44. The number of phenols is 3. The SMILES string of the molecule is COc1cc2c3c(c4ccc(O)cc4c2cc1OC)CN1CCC[C@H]1C3.O=C(/C=C/c1ccc(O)c(O)c1)O[C@@H]1C[C@](O)(C(=O)O)C[C@@H](O)[C@H]1O. The van der Waals surface area contributed by atoms with Gasteiger partial charge in [0.1, 0.15) is 18.0 Å². The number of ether oxygens (including phenoxy) is 3. The van der Waals surface area contributed by atoms with Crippen molar-refractivity contribution in [1.29, 1.82) is 0 Å². The molecule has 0 aromatic heterocycles. The maximum Gasteiger partial charge on any atom is 0.335 e. The minimum absolute atomic E-state index is 0.295. The average molecular weight is 704 g/mol. The van der Waals surface area contributed by atoms with E-state index in [0.29, 0.717) is 17.4 Å². The molecule has 51 heavy (non-hydrogen) atoms. The summed E-state index contributed by atoms with van der Waals surface area (Å²) in [6.07, 6.45) is 0.207. The lowest BCUT2D eigenvalue weighted by atomic mass is 9.79. The molecule has 1 saturated carbocycles. The Hall–Kier alpha value is -5.08. The third-order valence-electron chi connectivity index (χ3n) is 10.1. The second kappa shape index (κ2) is 14.3. The first-order valence-corrected chi connectivity index (χ1v) is 16.6. The molecule has 2 aliphatic heterocycles. The van der Waals surface area contributed by atoms with E-state index in [9.17, 15) is 40.2 Å². The smallest absolute Gasteiger partial charge is 0.335 e. The number of aliphatic hydroxyl groups excluding tert-OH is 2. The van der Waals surface area contributed by atoms with Gasteiger partial charge in [-0.05, 0) is 107 Å². The fraction of sp³-hybridized carbons (Fsp3) is 0.368. The van der Waals surface area contributed by atoms with Crippen LogP contribution in [0.25, 0.3) is 27.6 Å². The lowest BCUT2D eigenvalue weighted by molar-refractivity contribution is -0.196. The third kappa shape index (κ3) is 7.10. The summed E-state index contributed by atoms with van der Waals surface area (Å²) in [5.74, 6) is -1.46. The third-order valence-corrected chi connectivity index (χ3v) is 10.1. The number of nitrogens with zero attached hydrogens (tertiary/aromatic N) is 1. The van der Waals surface area contributed by atoms with Crippen LogP contribution in [0.3, 0.4) is 0 Å². The summed E-state index contributed by atoms with van der Waals surface area (Å²) in [5.41, 5.74) is 0.898. The van der Waals surface area contributed by atoms with Gasteiger partial charge in [0.25, 0.3) is 0 Å². The van der Waals surface area contributed by atoms with Gasteiger partial charge in [-0.2, -0.15) is 0 Å². The highest BCUT2D eigenvalue weighted by Gasteiger charge is 2.50. The number of carbonyl (C=O) groups is 2. The highest BCUT2D eigenvalue weighted by atomic mass is 16.6. The minimum Gasteiger partial charge on any atom is -0.508 e. The first-order valence-electron chi connectivity index (χ1n) is 16.6. The maximum absolute atomic E-state index is 11.8. The van der Waals surface area contributed by atoms with Gasteiger partial charge in [-0.1, -0.05) is 12.1 Å². The number of hydrogen-bond donors (Lipinski definition) is 7. The van der Waals surface area contributed by atoms with E-state index < -0.39 is 48.7 Å². The Balaban J connectivity index is 0.000000176. The number of methoxy groups -OCH3 is 2. The molecule has 270 valence electrons. The summed E-state index contributed by atoms with van der Waals surface area (Å²) in [6, 6.07) is 14.4. The molecule has 3 aliphatic rings. The normalized spacial score (nSPS) is 24.4. The van der Waals surface area contributed by atoms with Gasteiger partial charge in [0.2, 0.25) is 0 Å². The maximum atomic E-state index is 11.8. The number of carboxylic acid groups (broad SMARTS) is 1. The summed E-state index contributed by atoms with van der Waals surface area (Å²) < 4.78 is 16.0. The monoisotopic (exact) mass is 703 g/mol. The number of hydrogen-bond acceptors (Lipinski definition) is 12. The van der Waals surface area contributed by atoms with Gasteiger partial charge in [-0.15, -0.1) is 0 Å². The van der Waals surface area contributed by atoms with E-state index in [-0.39, 0.29) is 11.5 Å². The Morgan fingerprint density at radius 3 is 2.25 bits per heavy atom. The molecule has 1 aliphatic carbocycles. The number of benzene rings is 4. The first kappa shape index (κ1) is 35.7. The van der Waals surface area contributed by atoms with Crippen LogP contribution in [0.2, 0.25) is 0 Å². The van der Waals surface area contributed by atoms with Crippen molar-refractivity contribution in [3.8, 4) is 28.7 Å². The molecule has 2 fully saturated rings. The molecule has 5 atom stereocenters. The molecule has 7 N–H and O–H groups in total. The van der Waals surface area contributed by atoms with Crippen LogP contribution in [-0.2, 0) is 27.3 Å². The molecule has 0 radical (unpaired) electrons. The summed E-state index contributed by atoms with van der Waals surface area (Å²) in [4.78, 5) is 25.5. The van der Waals surface area contributed by atoms with Crippen LogP contribution in [0, 0.1) is 0 Å². The van der Waals surface area contributed by atoms with Crippen LogP contribution in [-0.4, -0.2) is 103 Å². The van der Waals surface area contributed by atoms with Crippen LogP contribution in [0.5, 0.6) is 28.7 Å². The van der Waals surface area contributed by atoms with E-state index in [4.69, 9.17) is 19.3 Å². The molecular weight excluding hydrogens is 662 g/mol. The van der Waals surface area contributed by atoms with E-state index in [2.05, 4.69) is 23.1 Å². The highest BCUT2D eigenvalue weighted by molar-refractivity contribution is 6.12. The number of rotatable bonds is 6. The van der Waals surface area contributed by atoms with Gasteiger partial charge >= 0.3 is 11.9 Å². The van der Waals surface area contributed by atoms with Crippen LogP contribution < -0.4 is 9.47 Å². The molecule has 1 saturated heterocycles. The van der Waals surface area contributed by atoms with Crippen molar-refractivity contribution in [3.63, 3.8) is 0 Å². The summed E-state index contributed by atoms with van der Waals surface area (Å²) in [5, 5.41) is 71.8. The summed E-state index contributed by atoms with van der Waals surface area (Å²) in [7, 11) is 3.35. The molecule has 13 heteroatoms. The minimum atomic E-state index is -2.31. The predicted octanol–water partition coefficient (Wildman–Crippen LogP) is 3.59. The van der Waals surface area contributed by atoms with Crippen molar-refractivity contribution < 1.29 is 59.5 Å². The first-order chi connectivity index (χ1) is 24.3. The zero-order valence-electron chi connectivity index (χ0n) is 28.2. The molecule has 0 bridgehead atoms. The number of aliphatic carboxylic acids is 1. The van der Waals surface area contributed by atoms with Crippen molar-refractivity contribution in [2.24, 2.45) is 0 Å². The zero-order chi connectivity index (χ0) is 36.6. The van der Waals surface area contributed by atoms with Crippen molar-refractivity contribution in [2.75, 3.05) is 20.8 Å². The van der Waals surface area contributed by atoms with Gasteiger partial charge in [0.05, 0.1) is 20.3 Å². The quantitative estimate of drug-likeness (QED) is 0.0664. The molecule has 2 heterocycles. The van der Waals surface area contributed by atoms with Crippen LogP contribution >= 0.6 is 0 Å². The Morgan fingerprint density at radius 2 is 1.57 bits per heavy atom. The van der Waals surface area contributed by atoms with Crippen LogP contribution in [0.15, 0.2) is 54.6 Å². The van der Waals surface area contributed by atoms with Gasteiger partial charge in [-0.25, -0.2) is 9.59 Å². The fourth-order valence-electron chi connectivity index (χ4n) is 7.42.